The molecule has 1 aliphatic heterocycles. The van der Waals surface area contributed by atoms with Gasteiger partial charge in [-0.3, -0.25) is 15.6 Å². The second kappa shape index (κ2) is 5.99. The molecule has 104 valence electrons. The lowest BCUT2D eigenvalue weighted by molar-refractivity contribution is -0.125. The summed E-state index contributed by atoms with van der Waals surface area (Å²) in [6.07, 6.45) is 7.07. The maximum atomic E-state index is 11.5. The van der Waals surface area contributed by atoms with Gasteiger partial charge in [0.2, 0.25) is 5.91 Å². The van der Waals surface area contributed by atoms with Crippen LogP contribution >= 0.6 is 0 Å². The molecule has 1 saturated heterocycles. The Hall–Kier alpha value is -1.65. The van der Waals surface area contributed by atoms with Gasteiger partial charge in [-0.2, -0.15) is 0 Å². The van der Waals surface area contributed by atoms with E-state index in [4.69, 9.17) is 10.8 Å². The summed E-state index contributed by atoms with van der Waals surface area (Å²) in [6, 6.07) is 0. The highest BCUT2D eigenvalue weighted by molar-refractivity contribution is 6.02. The molecule has 0 radical (unpaired) electrons. The van der Waals surface area contributed by atoms with E-state index in [0.29, 0.717) is 37.2 Å². The van der Waals surface area contributed by atoms with E-state index in [9.17, 15) is 4.79 Å². The van der Waals surface area contributed by atoms with Crippen molar-refractivity contribution in [3.63, 3.8) is 0 Å². The average Bonchev–Trinajstić information content (AvgIpc) is 2.46. The molecule has 1 amide bonds. The van der Waals surface area contributed by atoms with Gasteiger partial charge in [-0.25, -0.2) is 0 Å². The van der Waals surface area contributed by atoms with Crippen LogP contribution < -0.4 is 0 Å². The van der Waals surface area contributed by atoms with E-state index in [0.717, 1.165) is 12.8 Å². The molecule has 0 aromatic rings. The van der Waals surface area contributed by atoms with Gasteiger partial charge in [0, 0.05) is 19.0 Å². The number of hydrogen-bond donors (Lipinski definition) is 2. The Labute approximate surface area is 114 Å². The summed E-state index contributed by atoms with van der Waals surface area (Å²) in [6.45, 7) is 4.90. The number of nitrogens with one attached hydrogen (secondary N) is 2. The number of piperazine rings is 1. The Bertz CT molecular complexity index is 398. The Balaban J connectivity index is 1.95. The Morgan fingerprint density at radius 2 is 1.95 bits per heavy atom. The lowest BCUT2D eigenvalue weighted by Crippen LogP contribution is -2.54. The van der Waals surface area contributed by atoms with Gasteiger partial charge in [-0.05, 0) is 18.9 Å². The molecule has 0 spiro atoms. The van der Waals surface area contributed by atoms with Crippen LogP contribution in [-0.2, 0) is 4.79 Å². The molecular weight excluding hydrogens is 240 g/mol. The predicted molar refractivity (Wildman–Crippen MR) is 75.5 cm³/mol. The molecule has 1 heterocycles. The smallest absolute Gasteiger partial charge is 0.246 e. The number of amides is 1. The molecule has 0 bridgehead atoms. The van der Waals surface area contributed by atoms with Crippen molar-refractivity contribution in [2.45, 2.75) is 32.1 Å². The van der Waals surface area contributed by atoms with Crippen LogP contribution in [0.25, 0.3) is 0 Å². The molecule has 2 aliphatic rings. The lowest BCUT2D eigenvalue weighted by atomic mass is 9.87. The van der Waals surface area contributed by atoms with E-state index in [-0.39, 0.29) is 5.91 Å². The van der Waals surface area contributed by atoms with E-state index < -0.39 is 0 Å². The first-order valence-electron chi connectivity index (χ1n) is 6.98. The maximum Gasteiger partial charge on any atom is 0.246 e. The monoisotopic (exact) mass is 262 g/mol. The second-order valence-corrected chi connectivity index (χ2v) is 5.28. The van der Waals surface area contributed by atoms with Crippen LogP contribution in [0.1, 0.15) is 32.1 Å². The number of rotatable bonds is 2. The van der Waals surface area contributed by atoms with Crippen LogP contribution in [0.4, 0.5) is 0 Å². The first-order chi connectivity index (χ1) is 9.13. The predicted octanol–water partition coefficient (Wildman–Crippen LogP) is 1.85. The zero-order chi connectivity index (χ0) is 13.8. The fourth-order valence-electron chi connectivity index (χ4n) is 2.88. The fraction of sp³-hybridized carbons (Fsp3) is 0.643. The van der Waals surface area contributed by atoms with Crippen LogP contribution in [0, 0.1) is 16.7 Å². The zero-order valence-electron chi connectivity index (χ0n) is 11.3. The molecule has 2 N–H and O–H groups in total. The van der Waals surface area contributed by atoms with Crippen LogP contribution in [-0.4, -0.2) is 47.0 Å². The van der Waals surface area contributed by atoms with E-state index in [1.807, 2.05) is 0 Å². The molecule has 0 unspecified atom stereocenters. The molecule has 5 nitrogen and oxygen atoms in total. The summed E-state index contributed by atoms with van der Waals surface area (Å²) >= 11 is 0. The Kier molecular flexibility index (Phi) is 4.35. The highest BCUT2D eigenvalue weighted by atomic mass is 16.2. The van der Waals surface area contributed by atoms with Crippen LogP contribution in [0.5, 0.6) is 0 Å². The van der Waals surface area contributed by atoms with Gasteiger partial charge in [0.25, 0.3) is 0 Å². The highest BCUT2D eigenvalue weighted by Gasteiger charge is 2.29. The van der Waals surface area contributed by atoms with E-state index in [2.05, 4.69) is 6.58 Å². The Morgan fingerprint density at radius 1 is 1.26 bits per heavy atom. The minimum absolute atomic E-state index is 0.131. The SMILES string of the molecule is C=CC(=O)N1CCN(C(=N)C2CCCCC2)C(=N)C1. The van der Waals surface area contributed by atoms with Crippen molar-refractivity contribution in [2.24, 2.45) is 5.92 Å². The van der Waals surface area contributed by atoms with Crippen LogP contribution in [0.15, 0.2) is 12.7 Å². The molecule has 0 atom stereocenters. The van der Waals surface area contributed by atoms with Crippen molar-refractivity contribution in [3.05, 3.63) is 12.7 Å². The number of hydrogen-bond acceptors (Lipinski definition) is 3. The molecule has 5 heteroatoms. The summed E-state index contributed by atoms with van der Waals surface area (Å²) in [5.74, 6) is 1.11. The third kappa shape index (κ3) is 3.03. The third-order valence-electron chi connectivity index (χ3n) is 4.03. The van der Waals surface area contributed by atoms with Crippen molar-refractivity contribution in [3.8, 4) is 0 Å². The van der Waals surface area contributed by atoms with Gasteiger partial charge in [0.05, 0.1) is 6.54 Å². The first kappa shape index (κ1) is 13.8. The molecule has 2 fully saturated rings. The minimum Gasteiger partial charge on any atom is -0.330 e. The summed E-state index contributed by atoms with van der Waals surface area (Å²) in [7, 11) is 0. The Morgan fingerprint density at radius 3 is 2.53 bits per heavy atom. The van der Waals surface area contributed by atoms with Gasteiger partial charge in [0.15, 0.2) is 0 Å². The van der Waals surface area contributed by atoms with Gasteiger partial charge in [-0.15, -0.1) is 0 Å². The normalized spacial score (nSPS) is 21.4. The van der Waals surface area contributed by atoms with Crippen molar-refractivity contribution in [1.29, 1.82) is 10.8 Å². The lowest BCUT2D eigenvalue weighted by Gasteiger charge is -2.38. The number of nitrogens with zero attached hydrogens (tertiary/aromatic N) is 2. The molecular formula is C14H22N4O. The third-order valence-corrected chi connectivity index (χ3v) is 4.03. The van der Waals surface area contributed by atoms with E-state index >= 15 is 0 Å². The van der Waals surface area contributed by atoms with Gasteiger partial charge >= 0.3 is 0 Å². The zero-order valence-corrected chi connectivity index (χ0v) is 11.3. The average molecular weight is 262 g/mol. The largest absolute Gasteiger partial charge is 0.330 e. The van der Waals surface area contributed by atoms with Crippen LogP contribution in [0.3, 0.4) is 0 Å². The fourth-order valence-corrected chi connectivity index (χ4v) is 2.88. The summed E-state index contributed by atoms with van der Waals surface area (Å²) in [4.78, 5) is 14.9. The molecule has 2 rings (SSSR count). The van der Waals surface area contributed by atoms with Crippen molar-refractivity contribution >= 4 is 17.6 Å². The standard InChI is InChI=1S/C14H22N4O/c1-2-13(19)17-8-9-18(12(15)10-17)14(16)11-6-4-3-5-7-11/h2,11,15-16H,1,3-10H2. The number of carbonyl (C=O) groups excluding carboxylic acids is 1. The summed E-state index contributed by atoms with van der Waals surface area (Å²) in [5, 5.41) is 16.3. The maximum absolute atomic E-state index is 11.5. The number of carbonyl (C=O) groups is 1. The minimum atomic E-state index is -0.131. The van der Waals surface area contributed by atoms with Crippen LogP contribution in [0.2, 0.25) is 0 Å². The molecule has 0 aromatic heterocycles. The van der Waals surface area contributed by atoms with E-state index in [1.54, 1.807) is 9.80 Å². The second-order valence-electron chi connectivity index (χ2n) is 5.28. The van der Waals surface area contributed by atoms with Crippen molar-refractivity contribution < 1.29 is 4.79 Å². The van der Waals surface area contributed by atoms with Gasteiger partial charge in [0.1, 0.15) is 11.7 Å². The highest BCUT2D eigenvalue weighted by Crippen LogP contribution is 2.26. The van der Waals surface area contributed by atoms with Gasteiger partial charge in [-0.1, -0.05) is 25.8 Å². The number of amidine groups is 2. The van der Waals surface area contributed by atoms with Crippen molar-refractivity contribution in [2.75, 3.05) is 19.6 Å². The molecule has 1 saturated carbocycles. The van der Waals surface area contributed by atoms with Crippen molar-refractivity contribution in [1.82, 2.24) is 9.80 Å². The van der Waals surface area contributed by atoms with Gasteiger partial charge < -0.3 is 9.80 Å². The molecule has 1 aliphatic carbocycles. The molecule has 19 heavy (non-hydrogen) atoms. The topological polar surface area (TPSA) is 71.2 Å². The first-order valence-corrected chi connectivity index (χ1v) is 6.98. The molecule has 0 aromatic carbocycles. The summed E-state index contributed by atoms with van der Waals surface area (Å²) < 4.78 is 0. The quantitative estimate of drug-likeness (QED) is 0.453. The van der Waals surface area contributed by atoms with E-state index in [1.165, 1.54) is 25.3 Å². The summed E-state index contributed by atoms with van der Waals surface area (Å²) in [5.41, 5.74) is 0.